The van der Waals surface area contributed by atoms with Crippen LogP contribution in [0.1, 0.15) is 12.7 Å². The van der Waals surface area contributed by atoms with Crippen LogP contribution in [0.2, 0.25) is 5.02 Å². The first-order chi connectivity index (χ1) is 9.93. The monoisotopic (exact) mass is 333 g/mol. The van der Waals surface area contributed by atoms with Gasteiger partial charge in [0.05, 0.1) is 10.8 Å². The molecule has 0 saturated heterocycles. The SMILES string of the molecule is CCc1nnc(SCC(=O)O)n1-c1c(F)cc(F)cc1Cl. The van der Waals surface area contributed by atoms with Gasteiger partial charge in [-0.3, -0.25) is 9.36 Å². The Balaban J connectivity index is 2.56. The first kappa shape index (κ1) is 15.7. The minimum Gasteiger partial charge on any atom is -0.481 e. The maximum Gasteiger partial charge on any atom is 0.313 e. The molecule has 21 heavy (non-hydrogen) atoms. The number of hydrogen-bond donors (Lipinski definition) is 1. The summed E-state index contributed by atoms with van der Waals surface area (Å²) in [6, 6.07) is 1.68. The zero-order valence-electron chi connectivity index (χ0n) is 10.8. The molecule has 0 amide bonds. The number of aliphatic carboxylic acids is 1. The van der Waals surface area contributed by atoms with Gasteiger partial charge in [-0.2, -0.15) is 0 Å². The fraction of sp³-hybridized carbons (Fsp3) is 0.250. The molecule has 5 nitrogen and oxygen atoms in total. The fourth-order valence-electron chi connectivity index (χ4n) is 1.72. The predicted octanol–water partition coefficient (Wildman–Crippen LogP) is 2.94. The van der Waals surface area contributed by atoms with E-state index in [1.165, 1.54) is 4.57 Å². The van der Waals surface area contributed by atoms with Crippen molar-refractivity contribution in [2.24, 2.45) is 0 Å². The van der Waals surface area contributed by atoms with Crippen molar-refractivity contribution < 1.29 is 18.7 Å². The van der Waals surface area contributed by atoms with Gasteiger partial charge in [0.25, 0.3) is 0 Å². The van der Waals surface area contributed by atoms with Crippen molar-refractivity contribution in [2.45, 2.75) is 18.5 Å². The molecule has 2 aromatic rings. The Bertz CT molecular complexity index is 670. The number of thioether (sulfide) groups is 1. The van der Waals surface area contributed by atoms with Gasteiger partial charge in [-0.25, -0.2) is 8.78 Å². The summed E-state index contributed by atoms with van der Waals surface area (Å²) >= 11 is 6.79. The van der Waals surface area contributed by atoms with E-state index in [0.29, 0.717) is 18.3 Å². The molecule has 1 N–H and O–H groups in total. The highest BCUT2D eigenvalue weighted by atomic mass is 35.5. The molecule has 0 bridgehead atoms. The molecule has 0 saturated carbocycles. The lowest BCUT2D eigenvalue weighted by Crippen LogP contribution is -2.07. The number of halogens is 3. The topological polar surface area (TPSA) is 68.0 Å². The normalized spacial score (nSPS) is 10.9. The Labute approximate surface area is 127 Å². The van der Waals surface area contributed by atoms with E-state index in [4.69, 9.17) is 16.7 Å². The minimum absolute atomic E-state index is 0.0900. The third-order valence-electron chi connectivity index (χ3n) is 2.55. The predicted molar refractivity (Wildman–Crippen MR) is 74.0 cm³/mol. The lowest BCUT2D eigenvalue weighted by atomic mass is 10.3. The molecule has 0 radical (unpaired) electrons. The van der Waals surface area contributed by atoms with Crippen molar-refractivity contribution in [1.29, 1.82) is 0 Å². The highest BCUT2D eigenvalue weighted by Gasteiger charge is 2.20. The van der Waals surface area contributed by atoms with E-state index in [2.05, 4.69) is 10.2 Å². The number of aryl methyl sites for hydroxylation is 1. The summed E-state index contributed by atoms with van der Waals surface area (Å²) in [5.41, 5.74) is -0.0900. The van der Waals surface area contributed by atoms with Gasteiger partial charge in [0, 0.05) is 12.5 Å². The number of nitrogens with zero attached hydrogens (tertiary/aromatic N) is 3. The summed E-state index contributed by atoms with van der Waals surface area (Å²) in [6.07, 6.45) is 0.424. The summed E-state index contributed by atoms with van der Waals surface area (Å²) in [5.74, 6) is -2.57. The lowest BCUT2D eigenvalue weighted by Gasteiger charge is -2.12. The van der Waals surface area contributed by atoms with Gasteiger partial charge in [-0.15, -0.1) is 10.2 Å². The van der Waals surface area contributed by atoms with Crippen LogP contribution in [0.3, 0.4) is 0 Å². The van der Waals surface area contributed by atoms with Crippen molar-refractivity contribution >= 4 is 29.3 Å². The van der Waals surface area contributed by atoms with Crippen LogP contribution in [0.5, 0.6) is 0 Å². The highest BCUT2D eigenvalue weighted by molar-refractivity contribution is 7.99. The van der Waals surface area contributed by atoms with Crippen molar-refractivity contribution in [3.63, 3.8) is 0 Å². The van der Waals surface area contributed by atoms with Crippen molar-refractivity contribution in [3.8, 4) is 5.69 Å². The molecule has 9 heteroatoms. The summed E-state index contributed by atoms with van der Waals surface area (Å²) in [5, 5.41) is 16.5. The molecular formula is C12H10ClF2N3O2S. The van der Waals surface area contributed by atoms with E-state index in [1.54, 1.807) is 6.92 Å². The molecule has 0 atom stereocenters. The van der Waals surface area contributed by atoms with E-state index in [0.717, 1.165) is 17.8 Å². The maximum atomic E-state index is 14.0. The maximum absolute atomic E-state index is 14.0. The molecular weight excluding hydrogens is 324 g/mol. The number of aromatic nitrogens is 3. The molecule has 1 aromatic heterocycles. The second kappa shape index (κ2) is 6.40. The number of hydrogen-bond acceptors (Lipinski definition) is 4. The largest absolute Gasteiger partial charge is 0.481 e. The van der Waals surface area contributed by atoms with Crippen LogP contribution in [-0.4, -0.2) is 31.6 Å². The van der Waals surface area contributed by atoms with Crippen LogP contribution in [0.15, 0.2) is 17.3 Å². The molecule has 2 rings (SSSR count). The molecule has 0 aliphatic carbocycles. The third-order valence-corrected chi connectivity index (χ3v) is 3.75. The molecule has 0 unspecified atom stereocenters. The summed E-state index contributed by atoms with van der Waals surface area (Å²) < 4.78 is 28.5. The first-order valence-corrected chi connectivity index (χ1v) is 7.24. The number of rotatable bonds is 5. The number of carbonyl (C=O) groups is 1. The number of carboxylic acids is 1. The molecule has 0 fully saturated rings. The average Bonchev–Trinajstić information content (AvgIpc) is 2.78. The van der Waals surface area contributed by atoms with Crippen molar-refractivity contribution in [2.75, 3.05) is 5.75 Å². The standard InChI is InChI=1S/C12H10ClF2N3O2S/c1-2-9-16-17-12(21-5-10(19)20)18(9)11-7(13)3-6(14)4-8(11)15/h3-4H,2,5H2,1H3,(H,19,20). The Kier molecular flexibility index (Phi) is 4.79. The zero-order chi connectivity index (χ0) is 15.6. The summed E-state index contributed by atoms with van der Waals surface area (Å²) in [7, 11) is 0. The first-order valence-electron chi connectivity index (χ1n) is 5.87. The molecule has 0 aliphatic heterocycles. The van der Waals surface area contributed by atoms with Crippen molar-refractivity contribution in [3.05, 3.63) is 34.6 Å². The van der Waals surface area contributed by atoms with E-state index < -0.39 is 17.6 Å². The molecule has 1 heterocycles. The van der Waals surface area contributed by atoms with Crippen LogP contribution in [0.4, 0.5) is 8.78 Å². The molecule has 112 valence electrons. The van der Waals surface area contributed by atoms with Crippen LogP contribution in [0, 0.1) is 11.6 Å². The second-order valence-electron chi connectivity index (χ2n) is 3.99. The zero-order valence-corrected chi connectivity index (χ0v) is 12.4. The van der Waals surface area contributed by atoms with Gasteiger partial charge in [-0.1, -0.05) is 30.3 Å². The van der Waals surface area contributed by atoms with Crippen LogP contribution in [0.25, 0.3) is 5.69 Å². The van der Waals surface area contributed by atoms with Gasteiger partial charge >= 0.3 is 5.97 Å². The number of carboxylic acid groups (broad SMARTS) is 1. The highest BCUT2D eigenvalue weighted by Crippen LogP contribution is 2.30. The van der Waals surface area contributed by atoms with Crippen molar-refractivity contribution in [1.82, 2.24) is 14.8 Å². The van der Waals surface area contributed by atoms with Gasteiger partial charge < -0.3 is 5.11 Å². The number of benzene rings is 1. The van der Waals surface area contributed by atoms with E-state index >= 15 is 0 Å². The molecule has 1 aromatic carbocycles. The van der Waals surface area contributed by atoms with Crippen LogP contribution in [-0.2, 0) is 11.2 Å². The minimum atomic E-state index is -1.04. The lowest BCUT2D eigenvalue weighted by molar-refractivity contribution is -0.133. The van der Waals surface area contributed by atoms with Gasteiger partial charge in [0.1, 0.15) is 17.3 Å². The van der Waals surface area contributed by atoms with Gasteiger partial charge in [0.2, 0.25) is 0 Å². The van der Waals surface area contributed by atoms with Crippen LogP contribution < -0.4 is 0 Å². The summed E-state index contributed by atoms with van der Waals surface area (Å²) in [4.78, 5) is 10.6. The van der Waals surface area contributed by atoms with E-state index in [1.807, 2.05) is 0 Å². The third kappa shape index (κ3) is 3.33. The Hall–Kier alpha value is -1.67. The summed E-state index contributed by atoms with van der Waals surface area (Å²) in [6.45, 7) is 1.78. The van der Waals surface area contributed by atoms with Gasteiger partial charge in [-0.05, 0) is 6.07 Å². The fourth-order valence-corrected chi connectivity index (χ4v) is 2.68. The average molecular weight is 334 g/mol. The second-order valence-corrected chi connectivity index (χ2v) is 5.34. The Morgan fingerprint density at radius 2 is 2.14 bits per heavy atom. The Morgan fingerprint density at radius 3 is 2.71 bits per heavy atom. The quantitative estimate of drug-likeness (QED) is 0.852. The molecule has 0 aliphatic rings. The van der Waals surface area contributed by atoms with E-state index in [9.17, 15) is 13.6 Å². The smallest absolute Gasteiger partial charge is 0.313 e. The van der Waals surface area contributed by atoms with Crippen LogP contribution >= 0.6 is 23.4 Å². The van der Waals surface area contributed by atoms with E-state index in [-0.39, 0.29) is 21.6 Å². The molecule has 0 spiro atoms. The van der Waals surface area contributed by atoms with Gasteiger partial charge in [0.15, 0.2) is 11.0 Å². The Morgan fingerprint density at radius 1 is 1.43 bits per heavy atom.